The van der Waals surface area contributed by atoms with Crippen LogP contribution in [-0.2, 0) is 4.79 Å². The number of piperazine rings is 1. The van der Waals surface area contributed by atoms with Crippen LogP contribution in [0.5, 0.6) is 5.75 Å². The predicted molar refractivity (Wildman–Crippen MR) is 110 cm³/mol. The summed E-state index contributed by atoms with van der Waals surface area (Å²) < 4.78 is 5.33. The van der Waals surface area contributed by atoms with E-state index in [1.165, 1.54) is 41.8 Å². The van der Waals surface area contributed by atoms with Crippen LogP contribution in [0.15, 0.2) is 35.9 Å². The molecule has 0 aromatic heterocycles. The highest BCUT2D eigenvalue weighted by molar-refractivity contribution is 5.79. The maximum Gasteiger partial charge on any atom is 0.278 e. The van der Waals surface area contributed by atoms with E-state index in [1.54, 1.807) is 7.11 Å². The first-order valence-corrected chi connectivity index (χ1v) is 10.4. The number of ether oxygens (including phenoxy) is 1. The minimum absolute atomic E-state index is 0.0118. The number of rotatable bonds is 7. The summed E-state index contributed by atoms with van der Waals surface area (Å²) in [5, 5.41) is 3.15. The maximum atomic E-state index is 12.5. The Balaban J connectivity index is 1.42. The van der Waals surface area contributed by atoms with Gasteiger partial charge >= 0.3 is 0 Å². The number of hydrogen-bond donors (Lipinski definition) is 2. The van der Waals surface area contributed by atoms with E-state index in [1.807, 2.05) is 12.1 Å². The lowest BCUT2D eigenvalue weighted by Gasteiger charge is -2.36. The zero-order valence-corrected chi connectivity index (χ0v) is 16.8. The number of carbonyl (C=O) groups is 1. The van der Waals surface area contributed by atoms with E-state index in [4.69, 9.17) is 4.74 Å². The monoisotopic (exact) mass is 372 g/mol. The van der Waals surface area contributed by atoms with E-state index < -0.39 is 0 Å². The Morgan fingerprint density at radius 2 is 2.11 bits per heavy atom. The number of hydrogen-bond acceptors (Lipinski definition) is 3. The van der Waals surface area contributed by atoms with Gasteiger partial charge in [0.15, 0.2) is 6.04 Å². The lowest BCUT2D eigenvalue weighted by atomic mass is 9.97. The number of nitrogens with one attached hydrogen (secondary N) is 2. The Kier molecular flexibility index (Phi) is 7.16. The summed E-state index contributed by atoms with van der Waals surface area (Å²) in [6, 6.07) is 8.23. The van der Waals surface area contributed by atoms with Crippen molar-refractivity contribution in [2.24, 2.45) is 0 Å². The second kappa shape index (κ2) is 9.79. The minimum Gasteiger partial charge on any atom is -0.497 e. The molecule has 2 N–H and O–H groups in total. The van der Waals surface area contributed by atoms with Crippen LogP contribution in [0.1, 0.15) is 39.0 Å². The Bertz CT molecular complexity index is 651. The van der Waals surface area contributed by atoms with Crippen LogP contribution >= 0.6 is 0 Å². The lowest BCUT2D eigenvalue weighted by Crippen LogP contribution is -3.19. The normalized spacial score (nSPS) is 19.3. The Hall–Kier alpha value is -2.01. The topological polar surface area (TPSA) is 46.0 Å². The molecular formula is C22H34N3O2+. The van der Waals surface area contributed by atoms with Crippen molar-refractivity contribution < 1.29 is 14.4 Å². The molecule has 3 rings (SSSR count). The molecule has 0 unspecified atom stereocenters. The van der Waals surface area contributed by atoms with E-state index in [-0.39, 0.29) is 11.9 Å². The molecule has 1 aromatic rings. The van der Waals surface area contributed by atoms with Gasteiger partial charge in [-0.25, -0.2) is 0 Å². The van der Waals surface area contributed by atoms with Gasteiger partial charge in [0.05, 0.1) is 33.3 Å². The largest absolute Gasteiger partial charge is 0.497 e. The molecule has 5 heteroatoms. The number of allylic oxidation sites excluding steroid dienone is 1. The fourth-order valence-corrected chi connectivity index (χ4v) is 4.11. The van der Waals surface area contributed by atoms with Crippen LogP contribution in [0.25, 0.3) is 0 Å². The number of quaternary nitrogens is 1. The van der Waals surface area contributed by atoms with Crippen molar-refractivity contribution in [1.82, 2.24) is 5.32 Å². The third-order valence-electron chi connectivity index (χ3n) is 5.96. The van der Waals surface area contributed by atoms with Crippen molar-refractivity contribution in [3.63, 3.8) is 0 Å². The molecular weight excluding hydrogens is 338 g/mol. The van der Waals surface area contributed by atoms with Gasteiger partial charge in [0, 0.05) is 18.3 Å². The van der Waals surface area contributed by atoms with Gasteiger partial charge in [-0.2, -0.15) is 0 Å². The standard InChI is InChI=1S/C22H33N3O2/c1-18(22(26)23-12-11-19-7-4-3-5-8-19)24-13-15-25(16-14-24)20-9-6-10-21(17-20)27-2/h6-7,9-10,17-18H,3-5,8,11-16H2,1-2H3,(H,23,26)/p+1/t18-/m0/s1. The maximum absolute atomic E-state index is 12.5. The molecule has 0 spiro atoms. The van der Waals surface area contributed by atoms with Crippen molar-refractivity contribution in [3.8, 4) is 5.75 Å². The molecule has 0 bridgehead atoms. The van der Waals surface area contributed by atoms with E-state index >= 15 is 0 Å². The van der Waals surface area contributed by atoms with E-state index in [9.17, 15) is 4.79 Å². The van der Waals surface area contributed by atoms with Gasteiger partial charge in [0.2, 0.25) is 0 Å². The van der Waals surface area contributed by atoms with Gasteiger partial charge < -0.3 is 19.9 Å². The highest BCUT2D eigenvalue weighted by Crippen LogP contribution is 2.21. The summed E-state index contributed by atoms with van der Waals surface area (Å²) in [5.74, 6) is 1.08. The van der Waals surface area contributed by atoms with Gasteiger partial charge in [0.25, 0.3) is 5.91 Å². The molecule has 1 atom stereocenters. The third-order valence-corrected chi connectivity index (χ3v) is 5.96. The highest BCUT2D eigenvalue weighted by Gasteiger charge is 2.29. The number of methoxy groups -OCH3 is 1. The summed E-state index contributed by atoms with van der Waals surface area (Å²) in [6.45, 7) is 6.73. The molecule has 1 saturated heterocycles. The zero-order valence-electron chi connectivity index (χ0n) is 16.8. The van der Waals surface area contributed by atoms with Gasteiger partial charge in [-0.15, -0.1) is 0 Å². The fraction of sp³-hybridized carbons (Fsp3) is 0.591. The Labute approximate surface area is 163 Å². The molecule has 1 aromatic carbocycles. The van der Waals surface area contributed by atoms with Crippen molar-refractivity contribution in [3.05, 3.63) is 35.9 Å². The second-order valence-corrected chi connectivity index (χ2v) is 7.72. The highest BCUT2D eigenvalue weighted by atomic mass is 16.5. The molecule has 5 nitrogen and oxygen atoms in total. The number of amides is 1. The average molecular weight is 373 g/mol. The molecule has 1 amide bonds. The van der Waals surface area contributed by atoms with Gasteiger partial charge in [0.1, 0.15) is 5.75 Å². The molecule has 1 aliphatic heterocycles. The lowest BCUT2D eigenvalue weighted by molar-refractivity contribution is -0.914. The summed E-state index contributed by atoms with van der Waals surface area (Å²) in [6.07, 6.45) is 8.42. The number of anilines is 1. The molecule has 1 fully saturated rings. The van der Waals surface area contributed by atoms with E-state index in [2.05, 4.69) is 35.3 Å². The zero-order chi connectivity index (χ0) is 19.1. The van der Waals surface area contributed by atoms with E-state index in [0.29, 0.717) is 0 Å². The number of nitrogens with zero attached hydrogens (tertiary/aromatic N) is 1. The molecule has 2 aliphatic rings. The van der Waals surface area contributed by atoms with Gasteiger partial charge in [-0.05, 0) is 51.2 Å². The fourth-order valence-electron chi connectivity index (χ4n) is 4.11. The minimum atomic E-state index is 0.0118. The molecule has 27 heavy (non-hydrogen) atoms. The third kappa shape index (κ3) is 5.48. The molecule has 0 saturated carbocycles. The van der Waals surface area contributed by atoms with Crippen LogP contribution < -0.4 is 19.9 Å². The van der Waals surface area contributed by atoms with Crippen molar-refractivity contribution in [1.29, 1.82) is 0 Å². The molecule has 1 aliphatic carbocycles. The molecule has 148 valence electrons. The predicted octanol–water partition coefficient (Wildman–Crippen LogP) is 1.80. The van der Waals surface area contributed by atoms with Crippen molar-refractivity contribution >= 4 is 11.6 Å². The quantitative estimate of drug-likeness (QED) is 0.718. The van der Waals surface area contributed by atoms with Crippen LogP contribution in [0.3, 0.4) is 0 Å². The summed E-state index contributed by atoms with van der Waals surface area (Å²) in [7, 11) is 1.70. The van der Waals surface area contributed by atoms with Gasteiger partial charge in [-0.1, -0.05) is 17.7 Å². The summed E-state index contributed by atoms with van der Waals surface area (Å²) >= 11 is 0. The average Bonchev–Trinajstić information content (AvgIpc) is 2.74. The van der Waals surface area contributed by atoms with E-state index in [0.717, 1.165) is 44.9 Å². The first-order chi connectivity index (χ1) is 13.2. The first kappa shape index (κ1) is 19.7. The van der Waals surface area contributed by atoms with Crippen LogP contribution in [-0.4, -0.2) is 51.8 Å². The first-order valence-electron chi connectivity index (χ1n) is 10.4. The number of benzene rings is 1. The van der Waals surface area contributed by atoms with Crippen LogP contribution in [0.2, 0.25) is 0 Å². The molecule has 1 heterocycles. The van der Waals surface area contributed by atoms with Crippen molar-refractivity contribution in [2.45, 2.75) is 45.1 Å². The summed E-state index contributed by atoms with van der Waals surface area (Å²) in [4.78, 5) is 16.3. The SMILES string of the molecule is COc1cccc(N2CC[NH+]([C@@H](C)C(=O)NCCC3=CCCCC3)CC2)c1. The smallest absolute Gasteiger partial charge is 0.278 e. The van der Waals surface area contributed by atoms with Crippen molar-refractivity contribution in [2.75, 3.05) is 44.7 Å². The second-order valence-electron chi connectivity index (χ2n) is 7.72. The van der Waals surface area contributed by atoms with Crippen LogP contribution in [0.4, 0.5) is 5.69 Å². The Morgan fingerprint density at radius 1 is 1.30 bits per heavy atom. The molecule has 0 radical (unpaired) electrons. The van der Waals surface area contributed by atoms with Gasteiger partial charge in [-0.3, -0.25) is 4.79 Å². The van der Waals surface area contributed by atoms with Crippen LogP contribution in [0, 0.1) is 0 Å². The summed E-state index contributed by atoms with van der Waals surface area (Å²) in [5.41, 5.74) is 2.72. The Morgan fingerprint density at radius 3 is 2.81 bits per heavy atom. The number of carbonyl (C=O) groups excluding carboxylic acids is 1.